The molecule has 27 heavy (non-hydrogen) atoms. The number of nitrogens with one attached hydrogen (secondary N) is 1. The minimum Gasteiger partial charge on any atom is -0.493 e. The minimum absolute atomic E-state index is 0.00544. The van der Waals surface area contributed by atoms with Gasteiger partial charge in [0.1, 0.15) is 0 Å². The Balaban J connectivity index is 1.65. The second-order valence-corrected chi connectivity index (χ2v) is 5.17. The van der Waals surface area contributed by atoms with Crippen LogP contribution in [0.2, 0.25) is 0 Å². The molecule has 0 bridgehead atoms. The average Bonchev–Trinajstić information content (AvgIpc) is 3.16. The first-order chi connectivity index (χ1) is 13.1. The van der Waals surface area contributed by atoms with Crippen LogP contribution in [0.4, 0.5) is 8.78 Å². The molecule has 0 atom stereocenters. The summed E-state index contributed by atoms with van der Waals surface area (Å²) < 4.78 is 39.1. The van der Waals surface area contributed by atoms with Gasteiger partial charge in [0, 0.05) is 23.5 Å². The number of carbonyl (C=O) groups is 1. The minimum atomic E-state index is -2.99. The third-order valence-corrected chi connectivity index (χ3v) is 3.45. The van der Waals surface area contributed by atoms with Crippen molar-refractivity contribution >= 4 is 5.91 Å². The van der Waals surface area contributed by atoms with E-state index in [-0.39, 0.29) is 29.5 Å². The number of aromatic nitrogens is 3. The summed E-state index contributed by atoms with van der Waals surface area (Å²) in [5, 5.41) is 6.43. The van der Waals surface area contributed by atoms with Gasteiger partial charge in [0.2, 0.25) is 11.7 Å². The SMILES string of the molecule is COc1cc(C(=O)NCc2nc(-c3ccncc3)no2)ccc1OC(F)F. The lowest BCUT2D eigenvalue weighted by Crippen LogP contribution is -2.23. The van der Waals surface area contributed by atoms with Gasteiger partial charge in [-0.1, -0.05) is 5.16 Å². The Bertz CT molecular complexity index is 918. The van der Waals surface area contributed by atoms with Crippen LogP contribution in [-0.2, 0) is 6.54 Å². The zero-order chi connectivity index (χ0) is 19.2. The normalized spacial score (nSPS) is 10.7. The van der Waals surface area contributed by atoms with Crippen LogP contribution in [0.25, 0.3) is 11.4 Å². The molecule has 3 rings (SSSR count). The van der Waals surface area contributed by atoms with Gasteiger partial charge < -0.3 is 19.3 Å². The molecule has 0 aliphatic carbocycles. The molecular weight excluding hydrogens is 362 g/mol. The van der Waals surface area contributed by atoms with E-state index in [0.717, 1.165) is 5.56 Å². The van der Waals surface area contributed by atoms with Gasteiger partial charge in [-0.15, -0.1) is 0 Å². The van der Waals surface area contributed by atoms with Crippen molar-refractivity contribution in [2.24, 2.45) is 0 Å². The third-order valence-electron chi connectivity index (χ3n) is 3.45. The number of carbonyl (C=O) groups excluding carboxylic acids is 1. The summed E-state index contributed by atoms with van der Waals surface area (Å²) in [6.07, 6.45) is 3.20. The lowest BCUT2D eigenvalue weighted by Gasteiger charge is -2.11. The molecule has 10 heteroatoms. The lowest BCUT2D eigenvalue weighted by molar-refractivity contribution is -0.0512. The van der Waals surface area contributed by atoms with Crippen molar-refractivity contribution in [3.05, 3.63) is 54.2 Å². The molecular formula is C17H14F2N4O4. The van der Waals surface area contributed by atoms with Gasteiger partial charge in [-0.2, -0.15) is 13.8 Å². The second-order valence-electron chi connectivity index (χ2n) is 5.17. The molecule has 0 saturated carbocycles. The van der Waals surface area contributed by atoms with Crippen LogP contribution in [0, 0.1) is 0 Å². The molecule has 0 radical (unpaired) electrons. The van der Waals surface area contributed by atoms with E-state index in [2.05, 4.69) is 25.2 Å². The lowest BCUT2D eigenvalue weighted by atomic mass is 10.2. The molecule has 0 fully saturated rings. The topological polar surface area (TPSA) is 99.4 Å². The highest BCUT2D eigenvalue weighted by atomic mass is 19.3. The number of halogens is 2. The Labute approximate surface area is 152 Å². The maximum atomic E-state index is 12.3. The molecule has 0 spiro atoms. The van der Waals surface area contributed by atoms with Gasteiger partial charge in [-0.3, -0.25) is 9.78 Å². The van der Waals surface area contributed by atoms with E-state index in [1.807, 2.05) is 0 Å². The molecule has 140 valence electrons. The Morgan fingerprint density at radius 3 is 2.70 bits per heavy atom. The highest BCUT2D eigenvalue weighted by Crippen LogP contribution is 2.29. The predicted octanol–water partition coefficient (Wildman–Crippen LogP) is 2.67. The van der Waals surface area contributed by atoms with Crippen LogP contribution in [0.1, 0.15) is 16.2 Å². The van der Waals surface area contributed by atoms with Crippen molar-refractivity contribution in [2.45, 2.75) is 13.2 Å². The number of benzene rings is 1. The van der Waals surface area contributed by atoms with Crippen molar-refractivity contribution in [3.8, 4) is 22.9 Å². The fraction of sp³-hybridized carbons (Fsp3) is 0.176. The van der Waals surface area contributed by atoms with E-state index in [4.69, 9.17) is 9.26 Å². The van der Waals surface area contributed by atoms with Crippen LogP contribution >= 0.6 is 0 Å². The van der Waals surface area contributed by atoms with Gasteiger partial charge in [-0.25, -0.2) is 0 Å². The summed E-state index contributed by atoms with van der Waals surface area (Å²) in [5.41, 5.74) is 0.924. The summed E-state index contributed by atoms with van der Waals surface area (Å²) >= 11 is 0. The zero-order valence-corrected chi connectivity index (χ0v) is 14.1. The molecule has 0 saturated heterocycles. The number of alkyl halides is 2. The number of hydrogen-bond donors (Lipinski definition) is 1. The zero-order valence-electron chi connectivity index (χ0n) is 14.1. The van der Waals surface area contributed by atoms with Crippen molar-refractivity contribution in [2.75, 3.05) is 7.11 Å². The van der Waals surface area contributed by atoms with Crippen molar-refractivity contribution in [1.82, 2.24) is 20.4 Å². The van der Waals surface area contributed by atoms with Crippen molar-refractivity contribution in [1.29, 1.82) is 0 Å². The number of methoxy groups -OCH3 is 1. The summed E-state index contributed by atoms with van der Waals surface area (Å²) in [4.78, 5) is 20.3. The molecule has 1 amide bonds. The Morgan fingerprint density at radius 2 is 2.00 bits per heavy atom. The largest absolute Gasteiger partial charge is 0.493 e. The first kappa shape index (κ1) is 18.2. The van der Waals surface area contributed by atoms with Crippen LogP contribution in [0.3, 0.4) is 0 Å². The standard InChI is InChI=1S/C17H14F2N4O4/c1-25-13-8-11(2-3-12(13)26-17(18)19)16(24)21-9-14-22-15(23-27-14)10-4-6-20-7-5-10/h2-8,17H,9H2,1H3,(H,21,24). The predicted molar refractivity (Wildman–Crippen MR) is 88.3 cm³/mol. The summed E-state index contributed by atoms with van der Waals surface area (Å²) in [7, 11) is 1.29. The smallest absolute Gasteiger partial charge is 0.387 e. The van der Waals surface area contributed by atoms with E-state index >= 15 is 0 Å². The van der Waals surface area contributed by atoms with Gasteiger partial charge in [0.15, 0.2) is 11.5 Å². The highest BCUT2D eigenvalue weighted by Gasteiger charge is 2.15. The van der Waals surface area contributed by atoms with Crippen molar-refractivity contribution < 1.29 is 27.6 Å². The van der Waals surface area contributed by atoms with E-state index in [1.54, 1.807) is 24.5 Å². The van der Waals surface area contributed by atoms with Gasteiger partial charge in [0.05, 0.1) is 13.7 Å². The Morgan fingerprint density at radius 1 is 1.22 bits per heavy atom. The molecule has 1 N–H and O–H groups in total. The van der Waals surface area contributed by atoms with Crippen LogP contribution in [-0.4, -0.2) is 34.8 Å². The quantitative estimate of drug-likeness (QED) is 0.677. The summed E-state index contributed by atoms with van der Waals surface area (Å²) in [6.45, 7) is -3.00. The van der Waals surface area contributed by atoms with Crippen LogP contribution < -0.4 is 14.8 Å². The van der Waals surface area contributed by atoms with E-state index in [9.17, 15) is 13.6 Å². The van der Waals surface area contributed by atoms with E-state index in [0.29, 0.717) is 5.82 Å². The Hall–Kier alpha value is -3.56. The fourth-order valence-electron chi connectivity index (χ4n) is 2.21. The van der Waals surface area contributed by atoms with Gasteiger partial charge >= 0.3 is 6.61 Å². The number of ether oxygens (including phenoxy) is 2. The number of nitrogens with zero attached hydrogens (tertiary/aromatic N) is 3. The molecule has 2 aromatic heterocycles. The average molecular weight is 376 g/mol. The monoisotopic (exact) mass is 376 g/mol. The molecule has 0 aliphatic rings. The number of amides is 1. The molecule has 0 aliphatic heterocycles. The fourth-order valence-corrected chi connectivity index (χ4v) is 2.21. The van der Waals surface area contributed by atoms with Crippen LogP contribution in [0.15, 0.2) is 47.2 Å². The van der Waals surface area contributed by atoms with Gasteiger partial charge in [-0.05, 0) is 30.3 Å². The molecule has 3 aromatic rings. The second kappa shape index (κ2) is 8.21. The van der Waals surface area contributed by atoms with Gasteiger partial charge in [0.25, 0.3) is 5.91 Å². The maximum Gasteiger partial charge on any atom is 0.387 e. The first-order valence-corrected chi connectivity index (χ1v) is 7.71. The molecule has 2 heterocycles. The van der Waals surface area contributed by atoms with E-state index in [1.165, 1.54) is 25.3 Å². The molecule has 1 aromatic carbocycles. The summed E-state index contributed by atoms with van der Waals surface area (Å²) in [5.74, 6) is -0.0409. The molecule has 0 unspecified atom stereocenters. The number of rotatable bonds is 7. The Kier molecular flexibility index (Phi) is 5.55. The number of pyridine rings is 1. The highest BCUT2D eigenvalue weighted by molar-refractivity contribution is 5.94. The first-order valence-electron chi connectivity index (χ1n) is 7.71. The summed E-state index contributed by atoms with van der Waals surface area (Å²) in [6, 6.07) is 7.31. The molecule has 8 nitrogen and oxygen atoms in total. The number of hydrogen-bond acceptors (Lipinski definition) is 7. The maximum absolute atomic E-state index is 12.3. The van der Waals surface area contributed by atoms with Crippen LogP contribution in [0.5, 0.6) is 11.5 Å². The van der Waals surface area contributed by atoms with E-state index < -0.39 is 12.5 Å². The van der Waals surface area contributed by atoms with Crippen molar-refractivity contribution in [3.63, 3.8) is 0 Å². The third kappa shape index (κ3) is 4.54.